The zero-order valence-electron chi connectivity index (χ0n) is 12.1. The molecule has 0 aromatic heterocycles. The van der Waals surface area contributed by atoms with Crippen molar-refractivity contribution >= 4 is 5.91 Å². The number of allylic oxidation sites excluding steroid dienone is 1. The number of nitrogens with zero attached hydrogens (tertiary/aromatic N) is 1. The maximum absolute atomic E-state index is 11.6. The van der Waals surface area contributed by atoms with Crippen molar-refractivity contribution in [3.63, 3.8) is 0 Å². The number of hydrogen-bond donors (Lipinski definition) is 1. The SMILES string of the molecule is CC=CC(=O)NCC(c1ccccc1)N(CC)CC. The first kappa shape index (κ1) is 15.4. The van der Waals surface area contributed by atoms with Crippen molar-refractivity contribution in [2.24, 2.45) is 0 Å². The molecular weight excluding hydrogens is 236 g/mol. The van der Waals surface area contributed by atoms with Crippen molar-refractivity contribution in [1.29, 1.82) is 0 Å². The summed E-state index contributed by atoms with van der Waals surface area (Å²) in [5, 5.41) is 2.96. The number of carbonyl (C=O) groups is 1. The van der Waals surface area contributed by atoms with Crippen LogP contribution in [0, 0.1) is 0 Å². The van der Waals surface area contributed by atoms with E-state index in [1.807, 2.05) is 25.1 Å². The lowest BCUT2D eigenvalue weighted by Gasteiger charge is -2.30. The molecule has 1 aromatic rings. The van der Waals surface area contributed by atoms with Gasteiger partial charge in [-0.1, -0.05) is 50.3 Å². The molecule has 0 heterocycles. The highest BCUT2D eigenvalue weighted by Gasteiger charge is 2.17. The van der Waals surface area contributed by atoms with Gasteiger partial charge in [0.05, 0.1) is 6.04 Å². The molecule has 0 aliphatic carbocycles. The Balaban J connectivity index is 2.78. The Hall–Kier alpha value is -1.61. The molecule has 0 saturated carbocycles. The van der Waals surface area contributed by atoms with Crippen LogP contribution in [0.15, 0.2) is 42.5 Å². The smallest absolute Gasteiger partial charge is 0.243 e. The Morgan fingerprint density at radius 2 is 1.89 bits per heavy atom. The van der Waals surface area contributed by atoms with Crippen LogP contribution in [0.1, 0.15) is 32.4 Å². The quantitative estimate of drug-likeness (QED) is 0.765. The molecule has 0 radical (unpaired) electrons. The highest BCUT2D eigenvalue weighted by atomic mass is 16.1. The van der Waals surface area contributed by atoms with E-state index in [0.29, 0.717) is 6.54 Å². The van der Waals surface area contributed by atoms with Crippen LogP contribution in [0.2, 0.25) is 0 Å². The predicted molar refractivity (Wildman–Crippen MR) is 79.9 cm³/mol. The Morgan fingerprint density at radius 1 is 1.26 bits per heavy atom. The van der Waals surface area contributed by atoms with Crippen LogP contribution in [-0.2, 0) is 4.79 Å². The fraction of sp³-hybridized carbons (Fsp3) is 0.438. The number of likely N-dealkylation sites (N-methyl/N-ethyl adjacent to an activating group) is 1. The van der Waals surface area contributed by atoms with Gasteiger partial charge in [-0.3, -0.25) is 9.69 Å². The Bertz CT molecular complexity index is 396. The summed E-state index contributed by atoms with van der Waals surface area (Å²) in [5.41, 5.74) is 1.24. The van der Waals surface area contributed by atoms with Crippen molar-refractivity contribution in [3.8, 4) is 0 Å². The summed E-state index contributed by atoms with van der Waals surface area (Å²) in [6, 6.07) is 10.6. The fourth-order valence-electron chi connectivity index (χ4n) is 2.20. The van der Waals surface area contributed by atoms with Crippen molar-refractivity contribution in [1.82, 2.24) is 10.2 Å². The van der Waals surface area contributed by atoms with Gasteiger partial charge in [0.1, 0.15) is 0 Å². The Labute approximate surface area is 116 Å². The van der Waals surface area contributed by atoms with E-state index >= 15 is 0 Å². The molecule has 1 rings (SSSR count). The van der Waals surface area contributed by atoms with Gasteiger partial charge in [-0.05, 0) is 31.7 Å². The van der Waals surface area contributed by atoms with Gasteiger partial charge in [0.2, 0.25) is 5.91 Å². The minimum Gasteiger partial charge on any atom is -0.351 e. The standard InChI is InChI=1S/C16H24N2O/c1-4-10-16(19)17-13-15(18(5-2)6-3)14-11-8-7-9-12-14/h4,7-12,15H,5-6,13H2,1-3H3,(H,17,19). The molecule has 3 heteroatoms. The Morgan fingerprint density at radius 3 is 2.42 bits per heavy atom. The number of hydrogen-bond acceptors (Lipinski definition) is 2. The van der Waals surface area contributed by atoms with Crippen molar-refractivity contribution in [2.75, 3.05) is 19.6 Å². The molecular formula is C16H24N2O. The first-order valence-electron chi connectivity index (χ1n) is 6.92. The van der Waals surface area contributed by atoms with Gasteiger partial charge in [-0.15, -0.1) is 0 Å². The van der Waals surface area contributed by atoms with E-state index in [1.165, 1.54) is 5.56 Å². The summed E-state index contributed by atoms with van der Waals surface area (Å²) in [6.45, 7) is 8.71. The summed E-state index contributed by atoms with van der Waals surface area (Å²) in [6.07, 6.45) is 3.31. The number of benzene rings is 1. The Kier molecular flexibility index (Phi) is 6.90. The number of rotatable bonds is 7. The third-order valence-corrected chi connectivity index (χ3v) is 3.23. The number of nitrogens with one attached hydrogen (secondary N) is 1. The zero-order chi connectivity index (χ0) is 14.1. The molecule has 0 fully saturated rings. The fourth-order valence-corrected chi connectivity index (χ4v) is 2.20. The van der Waals surface area contributed by atoms with Gasteiger partial charge in [0.15, 0.2) is 0 Å². The monoisotopic (exact) mass is 260 g/mol. The summed E-state index contributed by atoms with van der Waals surface area (Å²) in [7, 11) is 0. The van der Waals surface area contributed by atoms with Crippen LogP contribution in [0.25, 0.3) is 0 Å². The van der Waals surface area contributed by atoms with Gasteiger partial charge in [0.25, 0.3) is 0 Å². The minimum absolute atomic E-state index is 0.0319. The second kappa shape index (κ2) is 8.48. The molecule has 19 heavy (non-hydrogen) atoms. The molecule has 104 valence electrons. The summed E-state index contributed by atoms with van der Waals surface area (Å²) in [5.74, 6) is -0.0319. The first-order valence-corrected chi connectivity index (χ1v) is 6.92. The highest BCUT2D eigenvalue weighted by Crippen LogP contribution is 2.19. The van der Waals surface area contributed by atoms with Gasteiger partial charge in [-0.2, -0.15) is 0 Å². The normalized spacial score (nSPS) is 12.8. The maximum atomic E-state index is 11.6. The molecule has 0 saturated heterocycles. The second-order valence-corrected chi connectivity index (χ2v) is 4.39. The molecule has 0 aliphatic rings. The van der Waals surface area contributed by atoms with E-state index in [2.05, 4.69) is 36.2 Å². The largest absolute Gasteiger partial charge is 0.351 e. The number of carbonyl (C=O) groups excluding carboxylic acids is 1. The molecule has 0 aliphatic heterocycles. The van der Waals surface area contributed by atoms with E-state index in [-0.39, 0.29) is 11.9 Å². The summed E-state index contributed by atoms with van der Waals surface area (Å²) in [4.78, 5) is 13.9. The maximum Gasteiger partial charge on any atom is 0.243 e. The average Bonchev–Trinajstić information content (AvgIpc) is 2.44. The van der Waals surface area contributed by atoms with E-state index in [4.69, 9.17) is 0 Å². The molecule has 0 bridgehead atoms. The van der Waals surface area contributed by atoms with Crippen molar-refractivity contribution in [2.45, 2.75) is 26.8 Å². The van der Waals surface area contributed by atoms with Crippen LogP contribution in [0.5, 0.6) is 0 Å². The number of amides is 1. The van der Waals surface area contributed by atoms with Gasteiger partial charge in [0, 0.05) is 6.54 Å². The second-order valence-electron chi connectivity index (χ2n) is 4.39. The lowest BCUT2D eigenvalue weighted by atomic mass is 10.1. The molecule has 1 atom stereocenters. The minimum atomic E-state index is -0.0319. The lowest BCUT2D eigenvalue weighted by molar-refractivity contribution is -0.116. The molecule has 3 nitrogen and oxygen atoms in total. The van der Waals surface area contributed by atoms with E-state index in [1.54, 1.807) is 12.2 Å². The third kappa shape index (κ3) is 4.87. The van der Waals surface area contributed by atoms with Crippen LogP contribution < -0.4 is 5.32 Å². The van der Waals surface area contributed by atoms with Crippen LogP contribution in [-0.4, -0.2) is 30.4 Å². The lowest BCUT2D eigenvalue weighted by Crippen LogP contribution is -2.37. The van der Waals surface area contributed by atoms with E-state index < -0.39 is 0 Å². The molecule has 1 amide bonds. The van der Waals surface area contributed by atoms with Crippen LogP contribution in [0.4, 0.5) is 0 Å². The van der Waals surface area contributed by atoms with E-state index in [0.717, 1.165) is 13.1 Å². The van der Waals surface area contributed by atoms with Gasteiger partial charge >= 0.3 is 0 Å². The molecule has 1 aromatic carbocycles. The summed E-state index contributed by atoms with van der Waals surface area (Å²) < 4.78 is 0. The topological polar surface area (TPSA) is 32.3 Å². The average molecular weight is 260 g/mol. The highest BCUT2D eigenvalue weighted by molar-refractivity contribution is 5.87. The van der Waals surface area contributed by atoms with Gasteiger partial charge in [-0.25, -0.2) is 0 Å². The predicted octanol–water partition coefficient (Wildman–Crippen LogP) is 2.76. The summed E-state index contributed by atoms with van der Waals surface area (Å²) >= 11 is 0. The van der Waals surface area contributed by atoms with Gasteiger partial charge < -0.3 is 5.32 Å². The van der Waals surface area contributed by atoms with Crippen LogP contribution >= 0.6 is 0 Å². The van der Waals surface area contributed by atoms with Crippen molar-refractivity contribution < 1.29 is 4.79 Å². The molecule has 1 unspecified atom stereocenters. The van der Waals surface area contributed by atoms with E-state index in [9.17, 15) is 4.79 Å². The third-order valence-electron chi connectivity index (χ3n) is 3.23. The molecule has 1 N–H and O–H groups in total. The first-order chi connectivity index (χ1) is 9.22. The van der Waals surface area contributed by atoms with Crippen molar-refractivity contribution in [3.05, 3.63) is 48.0 Å². The van der Waals surface area contributed by atoms with Crippen LogP contribution in [0.3, 0.4) is 0 Å². The zero-order valence-corrected chi connectivity index (χ0v) is 12.1. The molecule has 0 spiro atoms.